The standard InChI is InChI=1S/C23H20FN5O2S/c1-15-5-7-16(8-6-15)12-25-21(30)14-32-23-28-27-20-10-9-17(13-29(20)23)22(31)26-19-4-2-3-18(24)11-19/h2-11,13H,12,14H2,1H3,(H,25,30)(H,26,31). The molecule has 0 unspecified atom stereocenters. The number of aryl methyl sites for hydroxylation is 1. The van der Waals surface area contributed by atoms with Crippen LogP contribution in [0, 0.1) is 12.7 Å². The van der Waals surface area contributed by atoms with Gasteiger partial charge >= 0.3 is 0 Å². The number of rotatable bonds is 7. The third-order valence-electron chi connectivity index (χ3n) is 4.66. The normalized spacial score (nSPS) is 10.8. The van der Waals surface area contributed by atoms with E-state index >= 15 is 0 Å². The lowest BCUT2D eigenvalue weighted by atomic mass is 10.1. The molecule has 7 nitrogen and oxygen atoms in total. The molecule has 32 heavy (non-hydrogen) atoms. The Balaban J connectivity index is 1.39. The molecule has 0 atom stereocenters. The van der Waals surface area contributed by atoms with E-state index in [0.717, 1.165) is 5.56 Å². The first-order valence-electron chi connectivity index (χ1n) is 9.85. The minimum atomic E-state index is -0.434. The Bertz CT molecular complexity index is 1270. The van der Waals surface area contributed by atoms with E-state index < -0.39 is 11.7 Å². The maximum absolute atomic E-state index is 13.3. The van der Waals surface area contributed by atoms with E-state index in [0.29, 0.717) is 28.6 Å². The van der Waals surface area contributed by atoms with Gasteiger partial charge in [-0.15, -0.1) is 10.2 Å². The number of nitrogens with zero attached hydrogens (tertiary/aromatic N) is 3. The van der Waals surface area contributed by atoms with Crippen LogP contribution in [-0.2, 0) is 11.3 Å². The molecule has 2 heterocycles. The second kappa shape index (κ2) is 9.61. The highest BCUT2D eigenvalue weighted by molar-refractivity contribution is 7.99. The fourth-order valence-corrected chi connectivity index (χ4v) is 3.71. The smallest absolute Gasteiger partial charge is 0.257 e. The van der Waals surface area contributed by atoms with E-state index in [1.165, 1.54) is 35.5 Å². The van der Waals surface area contributed by atoms with Crippen molar-refractivity contribution in [3.63, 3.8) is 0 Å². The molecule has 9 heteroatoms. The Hall–Kier alpha value is -3.72. The van der Waals surface area contributed by atoms with Gasteiger partial charge in [0, 0.05) is 18.4 Å². The molecule has 4 rings (SSSR count). The number of benzene rings is 2. The number of thioether (sulfide) groups is 1. The van der Waals surface area contributed by atoms with Crippen LogP contribution >= 0.6 is 11.8 Å². The lowest BCUT2D eigenvalue weighted by molar-refractivity contribution is -0.118. The number of anilines is 1. The molecular weight excluding hydrogens is 429 g/mol. The molecule has 2 N–H and O–H groups in total. The van der Waals surface area contributed by atoms with Crippen molar-refractivity contribution in [1.82, 2.24) is 19.9 Å². The zero-order valence-electron chi connectivity index (χ0n) is 17.2. The van der Waals surface area contributed by atoms with Gasteiger partial charge in [0.1, 0.15) is 5.82 Å². The molecule has 0 saturated carbocycles. The van der Waals surface area contributed by atoms with Gasteiger partial charge in [0.2, 0.25) is 5.91 Å². The van der Waals surface area contributed by atoms with Crippen molar-refractivity contribution < 1.29 is 14.0 Å². The lowest BCUT2D eigenvalue weighted by Crippen LogP contribution is -2.24. The van der Waals surface area contributed by atoms with Crippen LogP contribution in [-0.4, -0.2) is 32.2 Å². The van der Waals surface area contributed by atoms with Crippen molar-refractivity contribution in [2.24, 2.45) is 0 Å². The van der Waals surface area contributed by atoms with E-state index in [1.807, 2.05) is 31.2 Å². The average Bonchev–Trinajstić information content (AvgIpc) is 3.19. The summed E-state index contributed by atoms with van der Waals surface area (Å²) in [4.78, 5) is 24.8. The minimum absolute atomic E-state index is 0.132. The van der Waals surface area contributed by atoms with E-state index in [4.69, 9.17) is 0 Å². The fourth-order valence-electron chi connectivity index (χ4n) is 2.96. The second-order valence-corrected chi connectivity index (χ2v) is 8.09. The predicted octanol–water partition coefficient (Wildman–Crippen LogP) is 3.84. The average molecular weight is 450 g/mol. The summed E-state index contributed by atoms with van der Waals surface area (Å²) in [5, 5.41) is 14.2. The first kappa shape index (κ1) is 21.5. The molecule has 0 aliphatic rings. The van der Waals surface area contributed by atoms with Gasteiger partial charge in [-0.25, -0.2) is 4.39 Å². The molecule has 0 fully saturated rings. The molecule has 2 aromatic carbocycles. The van der Waals surface area contributed by atoms with Crippen molar-refractivity contribution in [3.05, 3.63) is 89.4 Å². The minimum Gasteiger partial charge on any atom is -0.351 e. The van der Waals surface area contributed by atoms with Crippen LogP contribution in [0.2, 0.25) is 0 Å². The molecule has 162 valence electrons. The van der Waals surface area contributed by atoms with Gasteiger partial charge < -0.3 is 10.6 Å². The summed E-state index contributed by atoms with van der Waals surface area (Å²) < 4.78 is 15.0. The van der Waals surface area contributed by atoms with Gasteiger partial charge in [-0.3, -0.25) is 14.0 Å². The number of pyridine rings is 1. The largest absolute Gasteiger partial charge is 0.351 e. The molecular formula is C23H20FN5O2S. The number of carbonyl (C=O) groups is 2. The van der Waals surface area contributed by atoms with Gasteiger partial charge in [0.15, 0.2) is 10.8 Å². The van der Waals surface area contributed by atoms with Gasteiger partial charge in [-0.1, -0.05) is 47.7 Å². The number of amides is 2. The number of hydrogen-bond acceptors (Lipinski definition) is 5. The number of hydrogen-bond donors (Lipinski definition) is 2. The Labute approximate surface area is 188 Å². The summed E-state index contributed by atoms with van der Waals surface area (Å²) in [6, 6.07) is 16.9. The van der Waals surface area contributed by atoms with Gasteiger partial charge in [0.05, 0.1) is 11.3 Å². The fraction of sp³-hybridized carbons (Fsp3) is 0.130. The molecule has 0 bridgehead atoms. The predicted molar refractivity (Wildman–Crippen MR) is 121 cm³/mol. The van der Waals surface area contributed by atoms with Crippen LogP contribution in [0.25, 0.3) is 5.65 Å². The van der Waals surface area contributed by atoms with Crippen molar-refractivity contribution >= 4 is 34.9 Å². The molecule has 0 saturated heterocycles. The van der Waals surface area contributed by atoms with Crippen LogP contribution < -0.4 is 10.6 Å². The summed E-state index contributed by atoms with van der Waals surface area (Å²) in [6.45, 7) is 2.46. The van der Waals surface area contributed by atoms with Crippen molar-refractivity contribution in [1.29, 1.82) is 0 Å². The highest BCUT2D eigenvalue weighted by Gasteiger charge is 2.13. The summed E-state index contributed by atoms with van der Waals surface area (Å²) in [5.41, 5.74) is 3.45. The number of nitrogens with one attached hydrogen (secondary N) is 2. The first-order valence-corrected chi connectivity index (χ1v) is 10.8. The maximum Gasteiger partial charge on any atom is 0.257 e. The first-order chi connectivity index (χ1) is 15.5. The Morgan fingerprint density at radius 2 is 1.88 bits per heavy atom. The Kier molecular flexibility index (Phi) is 6.46. The Morgan fingerprint density at radius 1 is 1.06 bits per heavy atom. The summed E-state index contributed by atoms with van der Waals surface area (Å²) in [6.07, 6.45) is 1.59. The molecule has 2 aromatic heterocycles. The summed E-state index contributed by atoms with van der Waals surface area (Å²) in [7, 11) is 0. The monoisotopic (exact) mass is 449 g/mol. The molecule has 2 amide bonds. The molecule has 0 aliphatic heterocycles. The highest BCUT2D eigenvalue weighted by Crippen LogP contribution is 2.18. The SMILES string of the molecule is Cc1ccc(CNC(=O)CSc2nnc3ccc(C(=O)Nc4cccc(F)c4)cn23)cc1. The van der Waals surface area contributed by atoms with Crippen LogP contribution in [0.15, 0.2) is 72.0 Å². The van der Waals surface area contributed by atoms with Gasteiger partial charge in [-0.2, -0.15) is 0 Å². The quantitative estimate of drug-likeness (QED) is 0.419. The number of carbonyl (C=O) groups excluding carboxylic acids is 2. The Morgan fingerprint density at radius 3 is 2.66 bits per heavy atom. The third kappa shape index (κ3) is 5.30. The molecule has 0 radical (unpaired) electrons. The van der Waals surface area contributed by atoms with E-state index in [2.05, 4.69) is 20.8 Å². The van der Waals surface area contributed by atoms with E-state index in [1.54, 1.807) is 28.8 Å². The van der Waals surface area contributed by atoms with Crippen LogP contribution in [0.5, 0.6) is 0 Å². The van der Waals surface area contributed by atoms with E-state index in [-0.39, 0.29) is 11.7 Å². The number of halogens is 1. The molecule has 0 spiro atoms. The zero-order valence-corrected chi connectivity index (χ0v) is 18.0. The van der Waals surface area contributed by atoms with Crippen molar-refractivity contribution in [3.8, 4) is 0 Å². The zero-order chi connectivity index (χ0) is 22.5. The maximum atomic E-state index is 13.3. The van der Waals surface area contributed by atoms with Gasteiger partial charge in [-0.05, 0) is 42.8 Å². The van der Waals surface area contributed by atoms with Crippen molar-refractivity contribution in [2.75, 3.05) is 11.1 Å². The number of fused-ring (bicyclic) bond motifs is 1. The number of aromatic nitrogens is 3. The second-order valence-electron chi connectivity index (χ2n) is 7.14. The van der Waals surface area contributed by atoms with Gasteiger partial charge in [0.25, 0.3) is 5.91 Å². The molecule has 4 aromatic rings. The molecule has 0 aliphatic carbocycles. The van der Waals surface area contributed by atoms with Crippen molar-refractivity contribution in [2.45, 2.75) is 18.6 Å². The summed E-state index contributed by atoms with van der Waals surface area (Å²) in [5.74, 6) is -0.798. The van der Waals surface area contributed by atoms with Crippen LogP contribution in [0.3, 0.4) is 0 Å². The van der Waals surface area contributed by atoms with Crippen LogP contribution in [0.1, 0.15) is 21.5 Å². The highest BCUT2D eigenvalue weighted by atomic mass is 32.2. The third-order valence-corrected chi connectivity index (χ3v) is 5.60. The van der Waals surface area contributed by atoms with E-state index in [9.17, 15) is 14.0 Å². The summed E-state index contributed by atoms with van der Waals surface area (Å²) >= 11 is 1.22. The van der Waals surface area contributed by atoms with Crippen LogP contribution in [0.4, 0.5) is 10.1 Å². The lowest BCUT2D eigenvalue weighted by Gasteiger charge is -2.07. The topological polar surface area (TPSA) is 88.4 Å².